The maximum absolute atomic E-state index is 11.0. The van der Waals surface area contributed by atoms with E-state index in [-0.39, 0.29) is 0 Å². The maximum Gasteiger partial charge on any atom is 0.592 e. The fourth-order valence-corrected chi connectivity index (χ4v) is 2.25. The van der Waals surface area contributed by atoms with Crippen molar-refractivity contribution >= 4 is 15.6 Å². The van der Waals surface area contributed by atoms with Gasteiger partial charge in [0.2, 0.25) is 12.4 Å². The molecule has 0 saturated carbocycles. The van der Waals surface area contributed by atoms with Crippen molar-refractivity contribution < 1.29 is 37.5 Å². The van der Waals surface area contributed by atoms with Crippen LogP contribution in [0.4, 0.5) is 0 Å². The number of aromatic nitrogens is 1. The molecule has 0 bridgehead atoms. The van der Waals surface area contributed by atoms with Crippen LogP contribution in [0.2, 0.25) is 0 Å². The van der Waals surface area contributed by atoms with Gasteiger partial charge in [-0.15, -0.1) is 0 Å². The van der Waals surface area contributed by atoms with Crippen LogP contribution >= 0.6 is 15.6 Å². The highest BCUT2D eigenvalue weighted by molar-refractivity contribution is 7.60. The smallest absolute Gasteiger partial charge is 0.302 e. The fourth-order valence-electron chi connectivity index (χ4n) is 0.706. The van der Waals surface area contributed by atoms with Crippen LogP contribution in [0.5, 0.6) is 0 Å². The number of phosphoric acid groups is 2. The number of hydrogen-bond donors (Lipinski definition) is 3. The first kappa shape index (κ1) is 12.3. The topological polar surface area (TPSA) is 117 Å². The Hall–Kier alpha value is -0.750. The molecule has 0 radical (unpaired) electrons. The molecule has 1 aromatic rings. The van der Waals surface area contributed by atoms with Crippen LogP contribution < -0.4 is 9.35 Å². The van der Waals surface area contributed by atoms with Gasteiger partial charge in [0.25, 0.3) is 0 Å². The highest BCUT2D eigenvalue weighted by Gasteiger charge is 2.37. The van der Waals surface area contributed by atoms with Crippen molar-refractivity contribution in [3.63, 3.8) is 0 Å². The Morgan fingerprint density at radius 2 is 1.53 bits per heavy atom. The lowest BCUT2D eigenvalue weighted by atomic mass is 10.5. The third-order valence-electron chi connectivity index (χ3n) is 1.10. The van der Waals surface area contributed by atoms with Crippen LogP contribution in [0.1, 0.15) is 0 Å². The van der Waals surface area contributed by atoms with Crippen molar-refractivity contribution in [1.82, 2.24) is 0 Å². The quantitative estimate of drug-likeness (QED) is 0.496. The van der Waals surface area contributed by atoms with E-state index in [1.54, 1.807) is 6.07 Å². The first-order valence-corrected chi connectivity index (χ1v) is 6.57. The van der Waals surface area contributed by atoms with Gasteiger partial charge < -0.3 is 9.79 Å². The summed E-state index contributed by atoms with van der Waals surface area (Å²) in [4.78, 5) is 25.5. The van der Waals surface area contributed by atoms with E-state index >= 15 is 0 Å². The van der Waals surface area contributed by atoms with Crippen LogP contribution in [-0.2, 0) is 13.4 Å². The zero-order valence-electron chi connectivity index (χ0n) is 7.20. The molecule has 0 saturated heterocycles. The fraction of sp³-hybridized carbons (Fsp3) is 0. The minimum absolute atomic E-state index is 0.788. The summed E-state index contributed by atoms with van der Waals surface area (Å²) in [5.74, 6) is 0. The Bertz CT molecular complexity index is 415. The zero-order chi connectivity index (χ0) is 11.5. The lowest BCUT2D eigenvalue weighted by molar-refractivity contribution is -0.860. The first-order valence-electron chi connectivity index (χ1n) is 3.55. The number of pyridine rings is 1. The van der Waals surface area contributed by atoms with Crippen LogP contribution in [0.3, 0.4) is 0 Å². The summed E-state index contributed by atoms with van der Waals surface area (Å²) < 4.78 is 29.9. The Morgan fingerprint density at radius 1 is 1.00 bits per heavy atom. The summed E-state index contributed by atoms with van der Waals surface area (Å²) >= 11 is 0. The predicted octanol–water partition coefficient (Wildman–Crippen LogP) is -0.388. The average molecular weight is 256 g/mol. The van der Waals surface area contributed by atoms with Gasteiger partial charge >= 0.3 is 15.6 Å². The molecule has 3 N–H and O–H groups in total. The molecule has 0 fully saturated rings. The molecule has 1 atom stereocenters. The molecule has 0 spiro atoms. The molecule has 0 amide bonds. The lowest BCUT2D eigenvalue weighted by Crippen LogP contribution is -2.39. The summed E-state index contributed by atoms with van der Waals surface area (Å²) in [6.07, 6.45) is 2.51. The van der Waals surface area contributed by atoms with E-state index in [1.165, 1.54) is 24.5 Å². The van der Waals surface area contributed by atoms with E-state index < -0.39 is 15.6 Å². The molecule has 0 aromatic carbocycles. The maximum atomic E-state index is 11.0. The minimum atomic E-state index is -5.08. The molecule has 1 unspecified atom stereocenters. The highest BCUT2D eigenvalue weighted by Crippen LogP contribution is 2.54. The summed E-state index contributed by atoms with van der Waals surface area (Å²) in [6.45, 7) is 0. The van der Waals surface area contributed by atoms with E-state index in [0.717, 1.165) is 4.73 Å². The normalized spacial score (nSPS) is 15.7. The van der Waals surface area contributed by atoms with Gasteiger partial charge in [-0.25, -0.2) is 9.13 Å². The molecule has 1 heterocycles. The van der Waals surface area contributed by atoms with Crippen LogP contribution in [0.25, 0.3) is 0 Å². The number of hydrogen-bond acceptors (Lipinski definition) is 4. The molecular formula is C5H8NO7P2+. The molecule has 10 heteroatoms. The third-order valence-corrected chi connectivity index (χ3v) is 3.17. The van der Waals surface area contributed by atoms with Gasteiger partial charge in [-0.3, -0.25) is 4.89 Å². The lowest BCUT2D eigenvalue weighted by Gasteiger charge is -2.07. The van der Waals surface area contributed by atoms with Crippen molar-refractivity contribution in [3.05, 3.63) is 30.6 Å². The van der Waals surface area contributed by atoms with Crippen molar-refractivity contribution in [2.24, 2.45) is 0 Å². The number of rotatable bonds is 4. The van der Waals surface area contributed by atoms with Gasteiger partial charge in [0, 0.05) is 16.9 Å². The SMILES string of the molecule is O=P(O)(O)OP(=O)(O)O[n+]1ccccc1. The standard InChI is InChI=1S/C5H7NO7P2/c7-14(8,9)13-15(10,11)12-6-4-2-1-3-5-6/h1-5H,(H2-,7,8,9,10,11)/p+1. The van der Waals surface area contributed by atoms with Gasteiger partial charge in [0.1, 0.15) is 0 Å². The van der Waals surface area contributed by atoms with Gasteiger partial charge in [-0.05, 0) is 0 Å². The Morgan fingerprint density at radius 3 is 2.00 bits per heavy atom. The van der Waals surface area contributed by atoms with Gasteiger partial charge in [-0.2, -0.15) is 8.94 Å². The van der Waals surface area contributed by atoms with Crippen molar-refractivity contribution in [3.8, 4) is 0 Å². The number of nitrogens with zero attached hydrogens (tertiary/aromatic N) is 1. The van der Waals surface area contributed by atoms with Crippen molar-refractivity contribution in [2.75, 3.05) is 0 Å². The Balaban J connectivity index is 2.74. The van der Waals surface area contributed by atoms with E-state index in [9.17, 15) is 9.13 Å². The molecule has 1 rings (SSSR count). The summed E-state index contributed by atoms with van der Waals surface area (Å²) in [7, 11) is -9.91. The van der Waals surface area contributed by atoms with Gasteiger partial charge in [0.15, 0.2) is 0 Å². The Labute approximate surface area is 84.5 Å². The molecule has 0 aliphatic rings. The largest absolute Gasteiger partial charge is 0.592 e. The van der Waals surface area contributed by atoms with E-state index in [0.29, 0.717) is 0 Å². The molecule has 15 heavy (non-hydrogen) atoms. The monoisotopic (exact) mass is 256 g/mol. The highest BCUT2D eigenvalue weighted by atomic mass is 31.3. The van der Waals surface area contributed by atoms with Crippen LogP contribution in [0, 0.1) is 0 Å². The van der Waals surface area contributed by atoms with Gasteiger partial charge in [-0.1, -0.05) is 6.07 Å². The van der Waals surface area contributed by atoms with Crippen LogP contribution in [-0.4, -0.2) is 14.7 Å². The van der Waals surface area contributed by atoms with E-state index in [1.807, 2.05) is 0 Å². The Kier molecular flexibility index (Phi) is 3.62. The zero-order valence-corrected chi connectivity index (χ0v) is 8.99. The van der Waals surface area contributed by atoms with Crippen molar-refractivity contribution in [2.45, 2.75) is 0 Å². The van der Waals surface area contributed by atoms with E-state index in [2.05, 4.69) is 8.94 Å². The third kappa shape index (κ3) is 5.03. The van der Waals surface area contributed by atoms with Crippen molar-refractivity contribution in [1.29, 1.82) is 0 Å². The minimum Gasteiger partial charge on any atom is -0.302 e. The average Bonchev–Trinajstić information content (AvgIpc) is 1.99. The summed E-state index contributed by atoms with van der Waals surface area (Å²) in [5.41, 5.74) is 0. The second kappa shape index (κ2) is 4.40. The molecule has 0 aliphatic carbocycles. The predicted molar refractivity (Wildman–Crippen MR) is 46.2 cm³/mol. The summed E-state index contributed by atoms with van der Waals surface area (Å²) in [5, 5.41) is 0. The molecule has 8 nitrogen and oxygen atoms in total. The first-order chi connectivity index (χ1) is 6.79. The molecule has 1 aromatic heterocycles. The van der Waals surface area contributed by atoms with Crippen LogP contribution in [0.15, 0.2) is 30.6 Å². The molecular weight excluding hydrogens is 248 g/mol. The second-order valence-electron chi connectivity index (χ2n) is 2.36. The summed E-state index contributed by atoms with van der Waals surface area (Å²) in [6, 6.07) is 4.58. The molecule has 0 aliphatic heterocycles. The van der Waals surface area contributed by atoms with Gasteiger partial charge in [0.05, 0.1) is 0 Å². The van der Waals surface area contributed by atoms with E-state index in [4.69, 9.17) is 14.7 Å². The molecule has 84 valence electrons. The second-order valence-corrected chi connectivity index (χ2v) is 5.09.